The average Bonchev–Trinajstić information content (AvgIpc) is 2.40. The van der Waals surface area contributed by atoms with Crippen LogP contribution < -0.4 is 0 Å². The maximum Gasteiger partial charge on any atom is 0.100 e. The lowest BCUT2D eigenvalue weighted by molar-refractivity contribution is 0.0160. The summed E-state index contributed by atoms with van der Waals surface area (Å²) in [7, 11) is 1.98. The van der Waals surface area contributed by atoms with Crippen LogP contribution in [0.3, 0.4) is 0 Å². The Morgan fingerprint density at radius 2 is 2.33 bits per heavy atom. The molecule has 1 aromatic rings. The monoisotopic (exact) mass is 206 g/mol. The van der Waals surface area contributed by atoms with E-state index in [1.165, 1.54) is 11.3 Å². The van der Waals surface area contributed by atoms with Crippen molar-refractivity contribution in [3.05, 3.63) is 29.6 Å². The molecule has 0 saturated carbocycles. The maximum absolute atomic E-state index is 5.97. The van der Waals surface area contributed by atoms with Crippen molar-refractivity contribution in [3.8, 4) is 0 Å². The third kappa shape index (κ3) is 2.12. The fourth-order valence-corrected chi connectivity index (χ4v) is 2.13. The van der Waals surface area contributed by atoms with Gasteiger partial charge in [0.15, 0.2) is 0 Å². The molecule has 0 saturated heterocycles. The summed E-state index contributed by atoms with van der Waals surface area (Å²) in [5.74, 6) is 0. The molecule has 1 aliphatic heterocycles. The van der Waals surface area contributed by atoms with Gasteiger partial charge in [0, 0.05) is 7.05 Å². The van der Waals surface area contributed by atoms with Crippen LogP contribution in [0.2, 0.25) is 0 Å². The zero-order valence-corrected chi connectivity index (χ0v) is 9.60. The van der Waals surface area contributed by atoms with Crippen LogP contribution in [-0.2, 0) is 11.8 Å². The third-order valence-electron chi connectivity index (χ3n) is 2.86. The lowest BCUT2D eigenvalue weighted by atomic mass is 10.1. The van der Waals surface area contributed by atoms with Crippen LogP contribution in [0, 0.1) is 6.92 Å². The first-order valence-electron chi connectivity index (χ1n) is 5.49. The number of aromatic nitrogens is 2. The van der Waals surface area contributed by atoms with Crippen molar-refractivity contribution in [1.29, 1.82) is 0 Å². The molecule has 15 heavy (non-hydrogen) atoms. The molecule has 2 rings (SSSR count). The van der Waals surface area contributed by atoms with Gasteiger partial charge < -0.3 is 4.74 Å². The predicted octanol–water partition coefficient (Wildman–Crippen LogP) is 2.52. The van der Waals surface area contributed by atoms with Crippen LogP contribution in [0.25, 0.3) is 0 Å². The Morgan fingerprint density at radius 3 is 3.00 bits per heavy atom. The highest BCUT2D eigenvalue weighted by Crippen LogP contribution is 2.28. The number of allylic oxidation sites excluding steroid dienone is 1. The van der Waals surface area contributed by atoms with E-state index < -0.39 is 0 Å². The molecule has 0 N–H and O–H groups in total. The molecule has 2 atom stereocenters. The number of rotatable bonds is 1. The Morgan fingerprint density at radius 1 is 1.53 bits per heavy atom. The van der Waals surface area contributed by atoms with Gasteiger partial charge in [-0.25, -0.2) is 0 Å². The van der Waals surface area contributed by atoms with Crippen LogP contribution in [0.5, 0.6) is 0 Å². The summed E-state index contributed by atoms with van der Waals surface area (Å²) in [4.78, 5) is 0. The largest absolute Gasteiger partial charge is 0.365 e. The molecule has 0 amide bonds. The minimum Gasteiger partial charge on any atom is -0.365 e. The van der Waals surface area contributed by atoms with Gasteiger partial charge in [0.2, 0.25) is 0 Å². The van der Waals surface area contributed by atoms with Crippen LogP contribution in [0.4, 0.5) is 0 Å². The Hall–Kier alpha value is -1.09. The van der Waals surface area contributed by atoms with Gasteiger partial charge in [-0.2, -0.15) is 5.10 Å². The summed E-state index contributed by atoms with van der Waals surface area (Å²) in [6.07, 6.45) is 8.75. The zero-order valence-electron chi connectivity index (χ0n) is 9.60. The van der Waals surface area contributed by atoms with E-state index >= 15 is 0 Å². The number of aryl methyl sites for hydroxylation is 2. The van der Waals surface area contributed by atoms with Crippen molar-refractivity contribution in [3.63, 3.8) is 0 Å². The number of ether oxygens (including phenoxy) is 1. The lowest BCUT2D eigenvalue weighted by Gasteiger charge is -2.19. The van der Waals surface area contributed by atoms with Gasteiger partial charge in [-0.15, -0.1) is 0 Å². The average molecular weight is 206 g/mol. The van der Waals surface area contributed by atoms with E-state index in [0.717, 1.165) is 12.8 Å². The maximum atomic E-state index is 5.97. The topological polar surface area (TPSA) is 27.1 Å². The number of hydrogen-bond acceptors (Lipinski definition) is 2. The molecule has 0 aromatic carbocycles. The summed E-state index contributed by atoms with van der Waals surface area (Å²) in [5.41, 5.74) is 2.43. The Kier molecular flexibility index (Phi) is 2.91. The molecule has 0 spiro atoms. The Labute approximate surface area is 90.7 Å². The highest BCUT2D eigenvalue weighted by molar-refractivity contribution is 5.19. The molecule has 0 bridgehead atoms. The minimum atomic E-state index is 0.183. The van der Waals surface area contributed by atoms with E-state index in [0.29, 0.717) is 0 Å². The summed E-state index contributed by atoms with van der Waals surface area (Å²) in [5, 5.41) is 4.26. The molecule has 2 heterocycles. The zero-order chi connectivity index (χ0) is 10.8. The summed E-state index contributed by atoms with van der Waals surface area (Å²) >= 11 is 0. The fraction of sp³-hybridized carbons (Fsp3) is 0.583. The van der Waals surface area contributed by atoms with E-state index in [1.54, 1.807) is 0 Å². The third-order valence-corrected chi connectivity index (χ3v) is 2.86. The molecule has 1 aliphatic rings. The SMILES string of the molecule is Cc1cnn(C)c1[C@@H]1CCC=C[C@@H](C)O1. The van der Waals surface area contributed by atoms with Crippen molar-refractivity contribution < 1.29 is 4.74 Å². The quantitative estimate of drug-likeness (QED) is 0.660. The Balaban J connectivity index is 2.23. The lowest BCUT2D eigenvalue weighted by Crippen LogP contribution is -2.14. The first kappa shape index (κ1) is 10.4. The molecule has 0 radical (unpaired) electrons. The van der Waals surface area contributed by atoms with Gasteiger partial charge in [0.05, 0.1) is 18.0 Å². The van der Waals surface area contributed by atoms with Gasteiger partial charge in [0.25, 0.3) is 0 Å². The van der Waals surface area contributed by atoms with Crippen LogP contribution in [0.15, 0.2) is 18.3 Å². The van der Waals surface area contributed by atoms with Gasteiger partial charge >= 0.3 is 0 Å². The van der Waals surface area contributed by atoms with E-state index in [2.05, 4.69) is 31.1 Å². The van der Waals surface area contributed by atoms with Crippen LogP contribution in [0.1, 0.15) is 37.1 Å². The fourth-order valence-electron chi connectivity index (χ4n) is 2.13. The van der Waals surface area contributed by atoms with Crippen molar-refractivity contribution >= 4 is 0 Å². The first-order chi connectivity index (χ1) is 7.18. The highest BCUT2D eigenvalue weighted by atomic mass is 16.5. The highest BCUT2D eigenvalue weighted by Gasteiger charge is 2.21. The number of nitrogens with zero attached hydrogens (tertiary/aromatic N) is 2. The molecule has 0 fully saturated rings. The van der Waals surface area contributed by atoms with Gasteiger partial charge in [-0.3, -0.25) is 4.68 Å². The van der Waals surface area contributed by atoms with Gasteiger partial charge in [0.1, 0.15) is 6.10 Å². The summed E-state index contributed by atoms with van der Waals surface area (Å²) < 4.78 is 7.90. The van der Waals surface area contributed by atoms with Crippen molar-refractivity contribution in [2.45, 2.75) is 38.9 Å². The summed E-state index contributed by atoms with van der Waals surface area (Å²) in [6.45, 7) is 4.18. The Bertz CT molecular complexity index is 348. The van der Waals surface area contributed by atoms with Crippen molar-refractivity contribution in [1.82, 2.24) is 9.78 Å². The molecular formula is C12H18N2O. The molecule has 3 nitrogen and oxygen atoms in total. The molecular weight excluding hydrogens is 188 g/mol. The number of hydrogen-bond donors (Lipinski definition) is 0. The van der Waals surface area contributed by atoms with E-state index in [4.69, 9.17) is 4.74 Å². The first-order valence-corrected chi connectivity index (χ1v) is 5.49. The normalized spacial score (nSPS) is 26.6. The van der Waals surface area contributed by atoms with Crippen molar-refractivity contribution in [2.75, 3.05) is 0 Å². The molecule has 1 aromatic heterocycles. The molecule has 0 aliphatic carbocycles. The van der Waals surface area contributed by atoms with Crippen LogP contribution in [-0.4, -0.2) is 15.9 Å². The standard InChI is InChI=1S/C12H18N2O/c1-9-8-13-14(3)12(9)11-7-5-4-6-10(2)15-11/h4,6,8,10-11H,5,7H2,1-3H3/t10-,11+/m1/s1. The summed E-state index contributed by atoms with van der Waals surface area (Å²) in [6, 6.07) is 0. The second kappa shape index (κ2) is 4.19. The second-order valence-corrected chi connectivity index (χ2v) is 4.17. The van der Waals surface area contributed by atoms with Crippen LogP contribution >= 0.6 is 0 Å². The van der Waals surface area contributed by atoms with Crippen molar-refractivity contribution in [2.24, 2.45) is 7.05 Å². The second-order valence-electron chi connectivity index (χ2n) is 4.17. The smallest absolute Gasteiger partial charge is 0.100 e. The van der Waals surface area contributed by atoms with Gasteiger partial charge in [-0.1, -0.05) is 12.2 Å². The van der Waals surface area contributed by atoms with E-state index in [1.807, 2.05) is 17.9 Å². The van der Waals surface area contributed by atoms with E-state index in [-0.39, 0.29) is 12.2 Å². The molecule has 0 unspecified atom stereocenters. The van der Waals surface area contributed by atoms with Gasteiger partial charge in [-0.05, 0) is 32.3 Å². The van der Waals surface area contributed by atoms with E-state index in [9.17, 15) is 0 Å². The predicted molar refractivity (Wildman–Crippen MR) is 59.6 cm³/mol. The minimum absolute atomic E-state index is 0.183. The molecule has 82 valence electrons. The molecule has 3 heteroatoms.